The third-order valence-corrected chi connectivity index (χ3v) is 5.20. The van der Waals surface area contributed by atoms with Gasteiger partial charge in [0.2, 0.25) is 0 Å². The number of hydrogen-bond acceptors (Lipinski definition) is 3. The molecule has 0 aromatic heterocycles. The van der Waals surface area contributed by atoms with E-state index in [9.17, 15) is 0 Å². The van der Waals surface area contributed by atoms with E-state index in [1.165, 1.54) is 0 Å². The van der Waals surface area contributed by atoms with Crippen LogP contribution in [-0.4, -0.2) is 56.4 Å². The van der Waals surface area contributed by atoms with Crippen LogP contribution in [0.15, 0.2) is 29.3 Å². The summed E-state index contributed by atoms with van der Waals surface area (Å²) in [5.74, 6) is 1.92. The fourth-order valence-electron chi connectivity index (χ4n) is 2.60. The molecule has 1 aliphatic heterocycles. The van der Waals surface area contributed by atoms with Crippen molar-refractivity contribution in [1.82, 2.24) is 10.2 Å². The zero-order valence-corrected chi connectivity index (χ0v) is 19.9. The summed E-state index contributed by atoms with van der Waals surface area (Å²) in [5, 5.41) is 3.41. The van der Waals surface area contributed by atoms with E-state index in [2.05, 4.69) is 57.7 Å². The molecule has 1 heterocycles. The Balaban J connectivity index is 0.00000312. The Morgan fingerprint density at radius 3 is 2.52 bits per heavy atom. The average molecular weight is 573 g/mol. The second-order valence-corrected chi connectivity index (χ2v) is 7.76. The minimum absolute atomic E-state index is 0. The van der Waals surface area contributed by atoms with E-state index >= 15 is 0 Å². The number of piperidine rings is 1. The summed E-state index contributed by atoms with van der Waals surface area (Å²) in [4.78, 5) is 6.70. The third kappa shape index (κ3) is 7.09. The lowest BCUT2D eigenvalue weighted by molar-refractivity contribution is 0.0260. The van der Waals surface area contributed by atoms with Gasteiger partial charge in [0.1, 0.15) is 11.9 Å². The predicted molar refractivity (Wildman–Crippen MR) is 122 cm³/mol. The molecule has 1 saturated heterocycles. The first kappa shape index (κ1) is 22.8. The van der Waals surface area contributed by atoms with Gasteiger partial charge in [-0.25, -0.2) is 0 Å². The molecular weight excluding hydrogens is 544 g/mol. The van der Waals surface area contributed by atoms with Crippen molar-refractivity contribution < 1.29 is 9.47 Å². The SMILES string of the molecule is CN=C(NCC(C)(C)OC)N1CCC(Oc2ccccc2I)CC1.I. The number of hydrogen-bond donors (Lipinski definition) is 1. The summed E-state index contributed by atoms with van der Waals surface area (Å²) >= 11 is 2.32. The van der Waals surface area contributed by atoms with Crippen molar-refractivity contribution in [3.05, 3.63) is 27.8 Å². The molecule has 1 aliphatic rings. The van der Waals surface area contributed by atoms with E-state index in [4.69, 9.17) is 9.47 Å². The van der Waals surface area contributed by atoms with Crippen LogP contribution in [-0.2, 0) is 4.74 Å². The average Bonchev–Trinajstić information content (AvgIpc) is 2.59. The van der Waals surface area contributed by atoms with E-state index < -0.39 is 0 Å². The molecule has 1 fully saturated rings. The molecule has 25 heavy (non-hydrogen) atoms. The minimum Gasteiger partial charge on any atom is -0.489 e. The van der Waals surface area contributed by atoms with Gasteiger partial charge in [0.05, 0.1) is 9.17 Å². The zero-order valence-electron chi connectivity index (χ0n) is 15.4. The fraction of sp³-hybridized carbons (Fsp3) is 0.611. The van der Waals surface area contributed by atoms with Gasteiger partial charge in [-0.2, -0.15) is 0 Å². The van der Waals surface area contributed by atoms with Gasteiger partial charge < -0.3 is 19.7 Å². The van der Waals surface area contributed by atoms with Gasteiger partial charge in [-0.15, -0.1) is 24.0 Å². The first-order valence-corrected chi connectivity index (χ1v) is 9.45. The molecule has 7 heteroatoms. The highest BCUT2D eigenvalue weighted by atomic mass is 127. The van der Waals surface area contributed by atoms with Gasteiger partial charge in [-0.05, 0) is 48.6 Å². The smallest absolute Gasteiger partial charge is 0.193 e. The maximum Gasteiger partial charge on any atom is 0.193 e. The topological polar surface area (TPSA) is 46.1 Å². The Bertz CT molecular complexity index is 559. The van der Waals surface area contributed by atoms with Crippen molar-refractivity contribution in [2.75, 3.05) is 33.8 Å². The number of nitrogens with zero attached hydrogens (tertiary/aromatic N) is 2. The molecule has 2 rings (SSSR count). The van der Waals surface area contributed by atoms with Crippen LogP contribution in [0.25, 0.3) is 0 Å². The Labute approximate surface area is 182 Å². The second-order valence-electron chi connectivity index (χ2n) is 6.60. The van der Waals surface area contributed by atoms with E-state index in [1.807, 2.05) is 25.2 Å². The van der Waals surface area contributed by atoms with Crippen molar-refractivity contribution in [2.24, 2.45) is 4.99 Å². The maximum absolute atomic E-state index is 6.16. The first-order valence-electron chi connectivity index (χ1n) is 8.37. The number of guanidine groups is 1. The van der Waals surface area contributed by atoms with Crippen molar-refractivity contribution in [2.45, 2.75) is 38.4 Å². The highest BCUT2D eigenvalue weighted by molar-refractivity contribution is 14.1. The summed E-state index contributed by atoms with van der Waals surface area (Å²) in [5.41, 5.74) is -0.207. The third-order valence-electron chi connectivity index (χ3n) is 4.31. The van der Waals surface area contributed by atoms with Gasteiger partial charge in [0.15, 0.2) is 5.96 Å². The van der Waals surface area contributed by atoms with Crippen LogP contribution in [0.2, 0.25) is 0 Å². The Kier molecular flexibility index (Phi) is 9.79. The number of aliphatic imine (C=N–C) groups is 1. The number of benzene rings is 1. The largest absolute Gasteiger partial charge is 0.489 e. The molecule has 0 unspecified atom stereocenters. The predicted octanol–water partition coefficient (Wildman–Crippen LogP) is 3.75. The molecule has 1 aromatic rings. The molecule has 0 atom stereocenters. The highest BCUT2D eigenvalue weighted by Crippen LogP contribution is 2.24. The van der Waals surface area contributed by atoms with Crippen LogP contribution in [0.3, 0.4) is 0 Å². The molecule has 5 nitrogen and oxygen atoms in total. The molecule has 1 N–H and O–H groups in total. The first-order chi connectivity index (χ1) is 11.4. The molecule has 0 spiro atoms. The van der Waals surface area contributed by atoms with E-state index in [0.29, 0.717) is 0 Å². The Hall–Kier alpha value is -0.290. The second kappa shape index (κ2) is 10.8. The van der Waals surface area contributed by atoms with Crippen LogP contribution in [0.1, 0.15) is 26.7 Å². The lowest BCUT2D eigenvalue weighted by Gasteiger charge is -2.35. The van der Waals surface area contributed by atoms with Crippen LogP contribution < -0.4 is 10.1 Å². The van der Waals surface area contributed by atoms with Crippen LogP contribution in [0, 0.1) is 3.57 Å². The number of likely N-dealkylation sites (tertiary alicyclic amines) is 1. The van der Waals surface area contributed by atoms with Crippen molar-refractivity contribution in [3.8, 4) is 5.75 Å². The van der Waals surface area contributed by atoms with E-state index in [0.717, 1.165) is 47.8 Å². The lowest BCUT2D eigenvalue weighted by atomic mass is 10.1. The van der Waals surface area contributed by atoms with E-state index in [-0.39, 0.29) is 35.7 Å². The fourth-order valence-corrected chi connectivity index (χ4v) is 3.12. The van der Waals surface area contributed by atoms with Crippen LogP contribution in [0.4, 0.5) is 0 Å². The molecular formula is C18H29I2N3O2. The molecule has 0 amide bonds. The van der Waals surface area contributed by atoms with Crippen molar-refractivity contribution in [1.29, 1.82) is 0 Å². The molecule has 0 radical (unpaired) electrons. The van der Waals surface area contributed by atoms with Gasteiger partial charge in [0, 0.05) is 46.6 Å². The minimum atomic E-state index is -0.207. The van der Waals surface area contributed by atoms with Crippen molar-refractivity contribution in [3.63, 3.8) is 0 Å². The molecule has 1 aromatic carbocycles. The maximum atomic E-state index is 6.16. The number of nitrogens with one attached hydrogen (secondary N) is 1. The van der Waals surface area contributed by atoms with Crippen molar-refractivity contribution >= 4 is 52.5 Å². The quantitative estimate of drug-likeness (QED) is 0.332. The van der Waals surface area contributed by atoms with E-state index in [1.54, 1.807) is 7.11 Å². The van der Waals surface area contributed by atoms with Crippen LogP contribution >= 0.6 is 46.6 Å². The number of methoxy groups -OCH3 is 1. The summed E-state index contributed by atoms with van der Waals surface area (Å²) in [6, 6.07) is 8.18. The number of ether oxygens (including phenoxy) is 2. The number of para-hydroxylation sites is 1. The summed E-state index contributed by atoms with van der Waals surface area (Å²) < 4.78 is 12.8. The standard InChI is InChI=1S/C18H28IN3O2.HI/c1-18(2,23-4)13-21-17(20-3)22-11-9-14(10-12-22)24-16-8-6-5-7-15(16)19;/h5-8,14H,9-13H2,1-4H3,(H,20,21);1H. The molecule has 0 aliphatic carbocycles. The van der Waals surface area contributed by atoms with Gasteiger partial charge >= 0.3 is 0 Å². The summed E-state index contributed by atoms with van der Waals surface area (Å²) in [7, 11) is 3.56. The van der Waals surface area contributed by atoms with Gasteiger partial charge in [-0.3, -0.25) is 4.99 Å². The highest BCUT2D eigenvalue weighted by Gasteiger charge is 2.24. The Morgan fingerprint density at radius 2 is 1.96 bits per heavy atom. The summed E-state index contributed by atoms with van der Waals surface area (Å²) in [6.45, 7) is 6.75. The monoisotopic (exact) mass is 573 g/mol. The lowest BCUT2D eigenvalue weighted by Crippen LogP contribution is -2.50. The van der Waals surface area contributed by atoms with Gasteiger partial charge in [0.25, 0.3) is 0 Å². The van der Waals surface area contributed by atoms with Gasteiger partial charge in [-0.1, -0.05) is 12.1 Å². The van der Waals surface area contributed by atoms with Crippen LogP contribution in [0.5, 0.6) is 5.75 Å². The molecule has 142 valence electrons. The Morgan fingerprint density at radius 1 is 1.32 bits per heavy atom. The molecule has 0 bridgehead atoms. The zero-order chi connectivity index (χ0) is 17.6. The molecule has 0 saturated carbocycles. The normalized spacial score (nSPS) is 16.4. The number of rotatable bonds is 5. The summed E-state index contributed by atoms with van der Waals surface area (Å²) in [6.07, 6.45) is 2.27. The number of halogens is 2.